The van der Waals surface area contributed by atoms with Gasteiger partial charge in [-0.1, -0.05) is 55.5 Å². The number of benzene rings is 2. The molecule has 128 valence electrons. The average molecular weight is 346 g/mol. The lowest BCUT2D eigenvalue weighted by Crippen LogP contribution is -2.35. The van der Waals surface area contributed by atoms with Crippen molar-refractivity contribution < 1.29 is 13.2 Å². The van der Waals surface area contributed by atoms with Gasteiger partial charge in [0.1, 0.15) is 0 Å². The number of para-hydroxylation sites is 1. The molecule has 0 spiro atoms. The molecule has 1 unspecified atom stereocenters. The number of amides is 1. The molecular weight excluding hydrogens is 324 g/mol. The van der Waals surface area contributed by atoms with Crippen LogP contribution in [0.2, 0.25) is 0 Å². The topological polar surface area (TPSA) is 75.3 Å². The van der Waals surface area contributed by atoms with Crippen molar-refractivity contribution in [3.8, 4) is 0 Å². The molecule has 0 heterocycles. The summed E-state index contributed by atoms with van der Waals surface area (Å²) in [4.78, 5) is 12.1. The van der Waals surface area contributed by atoms with Crippen molar-refractivity contribution in [2.24, 2.45) is 5.92 Å². The van der Waals surface area contributed by atoms with Crippen LogP contribution >= 0.6 is 0 Å². The second kappa shape index (κ2) is 8.49. The van der Waals surface area contributed by atoms with Crippen LogP contribution in [0.15, 0.2) is 60.7 Å². The third-order valence-corrected chi connectivity index (χ3v) is 4.84. The van der Waals surface area contributed by atoms with Crippen molar-refractivity contribution in [3.63, 3.8) is 0 Å². The first-order valence-corrected chi connectivity index (χ1v) is 9.49. The van der Waals surface area contributed by atoms with Crippen LogP contribution in [0.5, 0.6) is 0 Å². The second-order valence-electron chi connectivity index (χ2n) is 5.67. The fourth-order valence-electron chi connectivity index (χ4n) is 2.28. The van der Waals surface area contributed by atoms with Gasteiger partial charge in [0.25, 0.3) is 0 Å². The Balaban J connectivity index is 1.77. The summed E-state index contributed by atoms with van der Waals surface area (Å²) in [6.45, 7) is 1.92. The van der Waals surface area contributed by atoms with E-state index in [2.05, 4.69) is 10.0 Å². The van der Waals surface area contributed by atoms with Gasteiger partial charge in [0.05, 0.1) is 5.75 Å². The molecule has 2 aromatic carbocycles. The SMILES string of the molecule is CC(Cc1ccccc1)C(=O)NCCS(=O)(=O)Nc1ccccc1. The summed E-state index contributed by atoms with van der Waals surface area (Å²) in [6, 6.07) is 18.4. The van der Waals surface area contributed by atoms with Crippen molar-refractivity contribution in [1.82, 2.24) is 5.32 Å². The van der Waals surface area contributed by atoms with Crippen molar-refractivity contribution in [2.45, 2.75) is 13.3 Å². The van der Waals surface area contributed by atoms with Gasteiger partial charge in [0, 0.05) is 18.2 Å². The predicted octanol–water partition coefficient (Wildman–Crippen LogP) is 2.42. The first kappa shape index (κ1) is 18.0. The van der Waals surface area contributed by atoms with Crippen molar-refractivity contribution in [1.29, 1.82) is 0 Å². The Kier molecular flexibility index (Phi) is 6.37. The molecule has 1 amide bonds. The molecule has 0 saturated carbocycles. The predicted molar refractivity (Wildman–Crippen MR) is 96.2 cm³/mol. The highest BCUT2D eigenvalue weighted by Gasteiger charge is 2.15. The summed E-state index contributed by atoms with van der Waals surface area (Å²) in [6.07, 6.45) is 0.627. The fraction of sp³-hybridized carbons (Fsp3) is 0.278. The molecule has 0 aliphatic carbocycles. The third-order valence-electron chi connectivity index (χ3n) is 3.55. The summed E-state index contributed by atoms with van der Waals surface area (Å²) in [5, 5.41) is 2.69. The standard InChI is InChI=1S/C18H22N2O3S/c1-15(14-16-8-4-2-5-9-16)18(21)19-12-13-24(22,23)20-17-10-6-3-7-11-17/h2-11,15,20H,12-14H2,1H3,(H,19,21). The van der Waals surface area contributed by atoms with Gasteiger partial charge in [0.15, 0.2) is 0 Å². The lowest BCUT2D eigenvalue weighted by molar-refractivity contribution is -0.124. The number of nitrogens with one attached hydrogen (secondary N) is 2. The Morgan fingerprint density at radius 3 is 2.21 bits per heavy atom. The zero-order valence-corrected chi connectivity index (χ0v) is 14.4. The molecular formula is C18H22N2O3S. The highest BCUT2D eigenvalue weighted by molar-refractivity contribution is 7.92. The third kappa shape index (κ3) is 6.04. The summed E-state index contributed by atoms with van der Waals surface area (Å²) < 4.78 is 26.4. The lowest BCUT2D eigenvalue weighted by Gasteiger charge is -2.13. The molecule has 24 heavy (non-hydrogen) atoms. The van der Waals surface area contributed by atoms with Gasteiger partial charge in [-0.15, -0.1) is 0 Å². The molecule has 0 aromatic heterocycles. The number of anilines is 1. The zero-order valence-electron chi connectivity index (χ0n) is 13.6. The van der Waals surface area contributed by atoms with Gasteiger partial charge in [-0.2, -0.15) is 0 Å². The second-order valence-corrected chi connectivity index (χ2v) is 7.51. The molecule has 0 bridgehead atoms. The number of hydrogen-bond donors (Lipinski definition) is 2. The van der Waals surface area contributed by atoms with Crippen LogP contribution in [0, 0.1) is 5.92 Å². The van der Waals surface area contributed by atoms with Gasteiger partial charge in [-0.3, -0.25) is 9.52 Å². The first-order valence-electron chi connectivity index (χ1n) is 7.83. The van der Waals surface area contributed by atoms with Crippen LogP contribution in [0.4, 0.5) is 5.69 Å². The maximum absolute atomic E-state index is 12.1. The maximum Gasteiger partial charge on any atom is 0.234 e. The van der Waals surface area contributed by atoms with Crippen LogP contribution in [0.3, 0.4) is 0 Å². The fourth-order valence-corrected chi connectivity index (χ4v) is 3.25. The van der Waals surface area contributed by atoms with E-state index in [1.165, 1.54) is 0 Å². The van der Waals surface area contributed by atoms with Gasteiger partial charge in [-0.25, -0.2) is 8.42 Å². The van der Waals surface area contributed by atoms with Crippen LogP contribution in [-0.4, -0.2) is 26.6 Å². The van der Waals surface area contributed by atoms with Gasteiger partial charge in [-0.05, 0) is 24.1 Å². The molecule has 6 heteroatoms. The molecule has 0 radical (unpaired) electrons. The van der Waals surface area contributed by atoms with Crippen LogP contribution in [0.1, 0.15) is 12.5 Å². The number of carbonyl (C=O) groups excluding carboxylic acids is 1. The molecule has 5 nitrogen and oxygen atoms in total. The van der Waals surface area contributed by atoms with Crippen LogP contribution < -0.4 is 10.0 Å². The minimum absolute atomic E-state index is 0.0835. The Morgan fingerprint density at radius 1 is 1.00 bits per heavy atom. The van der Waals surface area contributed by atoms with Crippen LogP contribution in [-0.2, 0) is 21.2 Å². The number of sulfonamides is 1. The van der Waals surface area contributed by atoms with E-state index in [9.17, 15) is 13.2 Å². The van der Waals surface area contributed by atoms with E-state index in [-0.39, 0.29) is 24.1 Å². The minimum atomic E-state index is -3.48. The van der Waals surface area contributed by atoms with E-state index in [1.807, 2.05) is 43.3 Å². The smallest absolute Gasteiger partial charge is 0.234 e. The molecule has 2 aromatic rings. The maximum atomic E-state index is 12.1. The number of hydrogen-bond acceptors (Lipinski definition) is 3. The number of carbonyl (C=O) groups is 1. The minimum Gasteiger partial charge on any atom is -0.355 e. The van der Waals surface area contributed by atoms with E-state index >= 15 is 0 Å². The van der Waals surface area contributed by atoms with E-state index in [0.717, 1.165) is 5.56 Å². The van der Waals surface area contributed by atoms with Gasteiger partial charge < -0.3 is 5.32 Å². The highest BCUT2D eigenvalue weighted by atomic mass is 32.2. The summed E-state index contributed by atoms with van der Waals surface area (Å²) in [5.41, 5.74) is 1.60. The zero-order chi connectivity index (χ0) is 17.4. The number of rotatable bonds is 8. The molecule has 0 aliphatic heterocycles. The monoisotopic (exact) mass is 346 g/mol. The Morgan fingerprint density at radius 2 is 1.58 bits per heavy atom. The molecule has 0 fully saturated rings. The summed E-state index contributed by atoms with van der Waals surface area (Å²) >= 11 is 0. The Hall–Kier alpha value is -2.34. The summed E-state index contributed by atoms with van der Waals surface area (Å²) in [5.74, 6) is -0.517. The van der Waals surface area contributed by atoms with E-state index in [4.69, 9.17) is 0 Å². The molecule has 0 saturated heterocycles. The van der Waals surface area contributed by atoms with Crippen molar-refractivity contribution in [3.05, 3.63) is 66.2 Å². The van der Waals surface area contributed by atoms with E-state index < -0.39 is 10.0 Å². The average Bonchev–Trinajstić information content (AvgIpc) is 2.56. The van der Waals surface area contributed by atoms with Gasteiger partial charge in [0.2, 0.25) is 15.9 Å². The van der Waals surface area contributed by atoms with Crippen molar-refractivity contribution in [2.75, 3.05) is 17.0 Å². The Bertz CT molecular complexity index is 746. The highest BCUT2D eigenvalue weighted by Crippen LogP contribution is 2.09. The quantitative estimate of drug-likeness (QED) is 0.771. The normalized spacial score (nSPS) is 12.4. The molecule has 2 N–H and O–H groups in total. The van der Waals surface area contributed by atoms with E-state index in [1.54, 1.807) is 24.3 Å². The Labute approximate surface area is 143 Å². The first-order chi connectivity index (χ1) is 11.5. The van der Waals surface area contributed by atoms with Crippen molar-refractivity contribution >= 4 is 21.6 Å². The largest absolute Gasteiger partial charge is 0.355 e. The molecule has 0 aliphatic rings. The van der Waals surface area contributed by atoms with Crippen LogP contribution in [0.25, 0.3) is 0 Å². The van der Waals surface area contributed by atoms with Gasteiger partial charge >= 0.3 is 0 Å². The summed E-state index contributed by atoms with van der Waals surface area (Å²) in [7, 11) is -3.48. The molecule has 2 rings (SSSR count). The molecule has 1 atom stereocenters. The van der Waals surface area contributed by atoms with E-state index in [0.29, 0.717) is 12.1 Å². The lowest BCUT2D eigenvalue weighted by atomic mass is 10.0.